The van der Waals surface area contributed by atoms with E-state index in [1.54, 1.807) is 24.3 Å². The number of aromatic nitrogens is 1. The number of thioether (sulfide) groups is 1. The lowest BCUT2D eigenvalue weighted by Crippen LogP contribution is -2.41. The molecule has 2 aromatic carbocycles. The summed E-state index contributed by atoms with van der Waals surface area (Å²) in [4.78, 5) is 16.5. The quantitative estimate of drug-likeness (QED) is 0.217. The molecule has 0 bridgehead atoms. The maximum absolute atomic E-state index is 12.5. The Balaban J connectivity index is 0.000000945. The monoisotopic (exact) mass is 496 g/mol. The molecule has 0 spiro atoms. The van der Waals surface area contributed by atoms with Crippen LogP contribution in [0, 0.1) is 0 Å². The molecule has 0 aliphatic rings. The third kappa shape index (κ3) is 12.7. The fourth-order valence-electron chi connectivity index (χ4n) is 3.09. The summed E-state index contributed by atoms with van der Waals surface area (Å²) in [5.41, 5.74) is 3.49. The number of pyridine rings is 1. The smallest absolute Gasteiger partial charge is 0.235 e. The molecule has 0 fully saturated rings. The van der Waals surface area contributed by atoms with Gasteiger partial charge >= 0.3 is 0 Å². The molecule has 182 valence electrons. The number of anilines is 1. The fourth-order valence-corrected chi connectivity index (χ4v) is 3.78. The van der Waals surface area contributed by atoms with Gasteiger partial charge in [0.2, 0.25) is 5.91 Å². The average molecular weight is 497 g/mol. The maximum Gasteiger partial charge on any atom is 0.235 e. The largest absolute Gasteiger partial charge is 0.385 e. The van der Waals surface area contributed by atoms with Crippen LogP contribution in [0.2, 0.25) is 0 Å². The highest BCUT2D eigenvalue weighted by Crippen LogP contribution is 2.10. The summed E-state index contributed by atoms with van der Waals surface area (Å²) in [6.07, 6.45) is 7.27. The van der Waals surface area contributed by atoms with E-state index in [1.807, 2.05) is 60.3 Å². The van der Waals surface area contributed by atoms with Crippen LogP contribution >= 0.6 is 23.7 Å². The van der Waals surface area contributed by atoms with Crippen molar-refractivity contribution in [1.29, 1.82) is 0 Å². The second kappa shape index (κ2) is 17.9. The van der Waals surface area contributed by atoms with Crippen molar-refractivity contribution in [2.45, 2.75) is 31.6 Å². The van der Waals surface area contributed by atoms with Gasteiger partial charge in [-0.2, -0.15) is 11.8 Å². The van der Waals surface area contributed by atoms with Crippen molar-refractivity contribution in [2.24, 2.45) is 0 Å². The van der Waals surface area contributed by atoms with Crippen LogP contribution in [0.1, 0.15) is 24.5 Å². The zero-order valence-electron chi connectivity index (χ0n) is 20.1. The Morgan fingerprint density at radius 2 is 1.56 bits per heavy atom. The molecule has 0 aliphatic heterocycles. The summed E-state index contributed by atoms with van der Waals surface area (Å²) in [6, 6.07) is 24.5. The lowest BCUT2D eigenvalue weighted by Gasteiger charge is -2.20. The maximum atomic E-state index is 12.5. The topological polar surface area (TPSA) is 66.1 Å². The summed E-state index contributed by atoms with van der Waals surface area (Å²) < 4.78 is 3.17. The van der Waals surface area contributed by atoms with Crippen LogP contribution in [0.4, 0.5) is 5.69 Å². The van der Waals surface area contributed by atoms with Crippen LogP contribution in [-0.4, -0.2) is 42.0 Å². The normalized spacial score (nSPS) is 11.1. The Hall–Kier alpha value is -2.48. The zero-order valence-corrected chi connectivity index (χ0v) is 21.7. The second-order valence-electron chi connectivity index (χ2n) is 7.58. The SMILES string of the molecule is CCSC.O=C(CNSCc1ccccc1)N[C@H](CCNc1ccncc1)Cc1ccccc1. The lowest BCUT2D eigenvalue weighted by molar-refractivity contribution is -0.120. The summed E-state index contributed by atoms with van der Waals surface area (Å²) in [7, 11) is 0. The number of hydrogen-bond acceptors (Lipinski definition) is 6. The van der Waals surface area contributed by atoms with E-state index >= 15 is 0 Å². The molecule has 0 radical (unpaired) electrons. The van der Waals surface area contributed by atoms with E-state index in [2.05, 4.69) is 57.8 Å². The number of nitrogens with zero attached hydrogens (tertiary/aromatic N) is 1. The summed E-state index contributed by atoms with van der Waals surface area (Å²) in [6.45, 7) is 3.21. The van der Waals surface area contributed by atoms with Gasteiger partial charge in [0.15, 0.2) is 0 Å². The molecule has 3 aromatic rings. The van der Waals surface area contributed by atoms with Gasteiger partial charge in [0, 0.05) is 36.4 Å². The Bertz CT molecular complexity index is 896. The minimum atomic E-state index is 0.0143. The highest BCUT2D eigenvalue weighted by atomic mass is 32.2. The molecule has 34 heavy (non-hydrogen) atoms. The standard InChI is InChI=1S/C24H28N4OS.C3H8S/c29-24(18-27-30-19-21-9-5-2-6-10-21)28-23(17-20-7-3-1-4-8-20)13-16-26-22-11-14-25-15-12-22;1-3-4-2/h1-12,14-15,23,27H,13,16-19H2,(H,25,26)(H,28,29);3H2,1-2H3/t23-;/m1./s1. The lowest BCUT2D eigenvalue weighted by atomic mass is 10.0. The number of carbonyl (C=O) groups excluding carboxylic acids is 1. The third-order valence-corrected chi connectivity index (χ3v) is 6.30. The summed E-state index contributed by atoms with van der Waals surface area (Å²) in [5.74, 6) is 2.08. The van der Waals surface area contributed by atoms with Crippen molar-refractivity contribution in [2.75, 3.05) is 30.4 Å². The van der Waals surface area contributed by atoms with Crippen molar-refractivity contribution in [1.82, 2.24) is 15.0 Å². The predicted octanol–water partition coefficient (Wildman–Crippen LogP) is 5.42. The van der Waals surface area contributed by atoms with Gasteiger partial charge in [-0.1, -0.05) is 79.5 Å². The van der Waals surface area contributed by atoms with Gasteiger partial charge in [-0.15, -0.1) is 0 Å². The first-order valence-corrected chi connectivity index (χ1v) is 13.9. The van der Waals surface area contributed by atoms with Gasteiger partial charge in [-0.3, -0.25) is 14.5 Å². The zero-order chi connectivity index (χ0) is 24.3. The number of carbonyl (C=O) groups is 1. The highest BCUT2D eigenvalue weighted by molar-refractivity contribution is 7.98. The van der Waals surface area contributed by atoms with Crippen molar-refractivity contribution >= 4 is 35.3 Å². The van der Waals surface area contributed by atoms with Gasteiger partial charge in [0.1, 0.15) is 0 Å². The first-order chi connectivity index (χ1) is 16.7. The minimum Gasteiger partial charge on any atom is -0.385 e. The molecule has 5 nitrogen and oxygen atoms in total. The van der Waals surface area contributed by atoms with Crippen molar-refractivity contribution < 1.29 is 4.79 Å². The Kier molecular flexibility index (Phi) is 14.6. The van der Waals surface area contributed by atoms with Crippen LogP contribution < -0.4 is 15.4 Å². The van der Waals surface area contributed by atoms with E-state index in [0.717, 1.165) is 30.8 Å². The van der Waals surface area contributed by atoms with E-state index < -0.39 is 0 Å². The third-order valence-electron chi connectivity index (χ3n) is 4.90. The first-order valence-electron chi connectivity index (χ1n) is 11.6. The molecule has 0 unspecified atom stereocenters. The molecule has 1 amide bonds. The molecule has 1 atom stereocenters. The highest BCUT2D eigenvalue weighted by Gasteiger charge is 2.13. The van der Waals surface area contributed by atoms with Crippen molar-refractivity contribution in [3.05, 3.63) is 96.3 Å². The Morgan fingerprint density at radius 3 is 2.18 bits per heavy atom. The number of benzene rings is 2. The van der Waals surface area contributed by atoms with Crippen molar-refractivity contribution in [3.8, 4) is 0 Å². The van der Waals surface area contributed by atoms with Crippen LogP contribution in [0.15, 0.2) is 85.2 Å². The number of rotatable bonds is 13. The Morgan fingerprint density at radius 1 is 0.941 bits per heavy atom. The van der Waals surface area contributed by atoms with Gasteiger partial charge < -0.3 is 10.6 Å². The van der Waals surface area contributed by atoms with E-state index in [9.17, 15) is 4.79 Å². The van der Waals surface area contributed by atoms with Crippen LogP contribution in [0.5, 0.6) is 0 Å². The van der Waals surface area contributed by atoms with E-state index in [-0.39, 0.29) is 11.9 Å². The van der Waals surface area contributed by atoms with Gasteiger partial charge in [-0.25, -0.2) is 0 Å². The summed E-state index contributed by atoms with van der Waals surface area (Å²) in [5, 5.41) is 6.58. The average Bonchev–Trinajstić information content (AvgIpc) is 2.88. The molecule has 3 rings (SSSR count). The molecular weight excluding hydrogens is 460 g/mol. The van der Waals surface area contributed by atoms with Crippen molar-refractivity contribution in [3.63, 3.8) is 0 Å². The van der Waals surface area contributed by atoms with Gasteiger partial charge in [0.05, 0.1) is 6.54 Å². The molecule has 1 aromatic heterocycles. The van der Waals surface area contributed by atoms with Gasteiger partial charge in [-0.05, 0) is 48.1 Å². The van der Waals surface area contributed by atoms with Crippen LogP contribution in [0.3, 0.4) is 0 Å². The fraction of sp³-hybridized carbons (Fsp3) is 0.333. The minimum absolute atomic E-state index is 0.0143. The number of nitrogens with one attached hydrogen (secondary N) is 3. The van der Waals surface area contributed by atoms with E-state index in [0.29, 0.717) is 6.54 Å². The molecular formula is C27H36N4OS2. The number of hydrogen-bond donors (Lipinski definition) is 3. The van der Waals surface area contributed by atoms with Crippen LogP contribution in [-0.2, 0) is 17.0 Å². The Labute approximate surface area is 213 Å². The molecule has 1 heterocycles. The second-order valence-corrected chi connectivity index (χ2v) is 9.60. The predicted molar refractivity (Wildman–Crippen MR) is 149 cm³/mol. The molecule has 3 N–H and O–H groups in total. The molecule has 0 aliphatic carbocycles. The van der Waals surface area contributed by atoms with E-state index in [4.69, 9.17) is 0 Å². The van der Waals surface area contributed by atoms with Gasteiger partial charge in [0.25, 0.3) is 0 Å². The molecule has 7 heteroatoms. The molecule has 0 saturated carbocycles. The number of amides is 1. The van der Waals surface area contributed by atoms with Crippen LogP contribution in [0.25, 0.3) is 0 Å². The molecule has 0 saturated heterocycles. The first kappa shape index (κ1) is 27.8. The summed E-state index contributed by atoms with van der Waals surface area (Å²) >= 11 is 3.41. The van der Waals surface area contributed by atoms with E-state index in [1.165, 1.54) is 16.9 Å².